The van der Waals surface area contributed by atoms with Crippen LogP contribution in [0.1, 0.15) is 31.2 Å². The minimum Gasteiger partial charge on any atom is -0.299 e. The van der Waals surface area contributed by atoms with Crippen molar-refractivity contribution in [2.45, 2.75) is 37.1 Å². The van der Waals surface area contributed by atoms with E-state index in [1.54, 1.807) is 0 Å². The van der Waals surface area contributed by atoms with Crippen molar-refractivity contribution >= 4 is 17.2 Å². The number of Topliss-reactive ketones (excluding diaryl/α,β-unsaturated/α-hetero) is 1. The molecule has 3 aliphatic heterocycles. The SMILES string of the molecule is O=C1CC2=Nc3ccccc3[C@]23CCN2CCC[C@H]1[C@@H]23. The number of nitrogens with zero attached hydrogens (tertiary/aromatic N) is 2. The molecule has 1 aromatic carbocycles. The summed E-state index contributed by atoms with van der Waals surface area (Å²) in [7, 11) is 0. The molecule has 0 N–H and O–H groups in total. The third-order valence-corrected chi connectivity index (χ3v) is 5.94. The van der Waals surface area contributed by atoms with E-state index in [2.05, 4.69) is 29.2 Å². The number of rotatable bonds is 0. The topological polar surface area (TPSA) is 32.7 Å². The smallest absolute Gasteiger partial charge is 0.143 e. The van der Waals surface area contributed by atoms with Gasteiger partial charge in [0.2, 0.25) is 0 Å². The maximum atomic E-state index is 12.5. The molecule has 0 aromatic heterocycles. The number of carbonyl (C=O) groups is 1. The zero-order valence-electron chi connectivity index (χ0n) is 11.5. The van der Waals surface area contributed by atoms with Crippen molar-refractivity contribution in [3.05, 3.63) is 29.8 Å². The Kier molecular flexibility index (Phi) is 2.01. The van der Waals surface area contributed by atoms with Gasteiger partial charge in [0.15, 0.2) is 0 Å². The van der Waals surface area contributed by atoms with Gasteiger partial charge in [0, 0.05) is 24.1 Å². The minimum absolute atomic E-state index is 0.0651. The summed E-state index contributed by atoms with van der Waals surface area (Å²) in [5.41, 5.74) is 3.73. The number of piperidine rings is 1. The number of carbonyl (C=O) groups excluding carboxylic acids is 1. The van der Waals surface area contributed by atoms with Gasteiger partial charge in [0.1, 0.15) is 5.78 Å². The van der Waals surface area contributed by atoms with E-state index in [9.17, 15) is 4.79 Å². The zero-order chi connectivity index (χ0) is 13.3. The number of hydrogen-bond acceptors (Lipinski definition) is 3. The van der Waals surface area contributed by atoms with Crippen LogP contribution in [0.3, 0.4) is 0 Å². The highest BCUT2D eigenvalue weighted by atomic mass is 16.1. The van der Waals surface area contributed by atoms with E-state index in [0.29, 0.717) is 18.2 Å². The molecule has 5 rings (SSSR count). The van der Waals surface area contributed by atoms with Crippen molar-refractivity contribution < 1.29 is 4.79 Å². The number of hydrogen-bond donors (Lipinski definition) is 0. The summed E-state index contributed by atoms with van der Waals surface area (Å²) in [6, 6.07) is 8.93. The fourth-order valence-corrected chi connectivity index (χ4v) is 5.23. The van der Waals surface area contributed by atoms with Gasteiger partial charge in [-0.2, -0.15) is 0 Å². The van der Waals surface area contributed by atoms with E-state index in [1.807, 2.05) is 0 Å². The van der Waals surface area contributed by atoms with E-state index in [-0.39, 0.29) is 11.3 Å². The van der Waals surface area contributed by atoms with E-state index in [4.69, 9.17) is 4.99 Å². The van der Waals surface area contributed by atoms with Crippen LogP contribution >= 0.6 is 0 Å². The Bertz CT molecular complexity index is 650. The summed E-state index contributed by atoms with van der Waals surface area (Å²) in [5, 5.41) is 0. The molecule has 0 bridgehead atoms. The van der Waals surface area contributed by atoms with Crippen LogP contribution in [-0.4, -0.2) is 35.5 Å². The Morgan fingerprint density at radius 1 is 1.25 bits per heavy atom. The lowest BCUT2D eigenvalue weighted by Gasteiger charge is -2.47. The fraction of sp³-hybridized carbons (Fsp3) is 0.529. The normalized spacial score (nSPS) is 38.2. The van der Waals surface area contributed by atoms with Gasteiger partial charge in [-0.05, 0) is 44.0 Å². The lowest BCUT2D eigenvalue weighted by atomic mass is 9.60. The molecule has 3 atom stereocenters. The quantitative estimate of drug-likeness (QED) is 0.722. The molecule has 4 aliphatic rings. The molecular formula is C17H18N2O. The number of para-hydroxylation sites is 1. The van der Waals surface area contributed by atoms with Crippen molar-refractivity contribution in [3.63, 3.8) is 0 Å². The molecule has 2 saturated heterocycles. The summed E-state index contributed by atoms with van der Waals surface area (Å²) < 4.78 is 0. The highest BCUT2D eigenvalue weighted by Gasteiger charge is 2.62. The molecule has 1 saturated carbocycles. The maximum absolute atomic E-state index is 12.5. The predicted octanol–water partition coefficient (Wildman–Crippen LogP) is 2.47. The Balaban J connectivity index is 1.76. The van der Waals surface area contributed by atoms with Crippen molar-refractivity contribution in [1.82, 2.24) is 4.90 Å². The van der Waals surface area contributed by atoms with Crippen LogP contribution in [0.5, 0.6) is 0 Å². The van der Waals surface area contributed by atoms with Gasteiger partial charge in [0.25, 0.3) is 0 Å². The highest BCUT2D eigenvalue weighted by molar-refractivity contribution is 6.15. The van der Waals surface area contributed by atoms with Crippen molar-refractivity contribution in [1.29, 1.82) is 0 Å². The third kappa shape index (κ3) is 1.12. The summed E-state index contributed by atoms with van der Waals surface area (Å²) in [4.78, 5) is 20.0. The first-order chi connectivity index (χ1) is 9.80. The summed E-state index contributed by atoms with van der Waals surface area (Å²) in [5.74, 6) is 0.681. The van der Waals surface area contributed by atoms with Crippen molar-refractivity contribution in [2.75, 3.05) is 13.1 Å². The Labute approximate surface area is 118 Å². The first kappa shape index (κ1) is 11.2. The Morgan fingerprint density at radius 2 is 2.15 bits per heavy atom. The van der Waals surface area contributed by atoms with Gasteiger partial charge in [0.05, 0.1) is 11.1 Å². The molecule has 3 heterocycles. The zero-order valence-corrected chi connectivity index (χ0v) is 11.5. The molecule has 20 heavy (non-hydrogen) atoms. The molecule has 1 aromatic rings. The molecule has 3 fully saturated rings. The molecule has 1 spiro atoms. The lowest BCUT2D eigenvalue weighted by Crippen LogP contribution is -2.59. The van der Waals surface area contributed by atoms with Gasteiger partial charge in [-0.1, -0.05) is 18.2 Å². The molecule has 3 nitrogen and oxygen atoms in total. The van der Waals surface area contributed by atoms with Crippen LogP contribution in [0.25, 0.3) is 0 Å². The molecular weight excluding hydrogens is 248 g/mol. The van der Waals surface area contributed by atoms with Gasteiger partial charge in [-0.15, -0.1) is 0 Å². The van der Waals surface area contributed by atoms with Crippen molar-refractivity contribution in [3.8, 4) is 0 Å². The van der Waals surface area contributed by atoms with Crippen LogP contribution in [-0.2, 0) is 10.2 Å². The molecule has 102 valence electrons. The summed E-state index contributed by atoms with van der Waals surface area (Å²) in [6.45, 7) is 2.29. The maximum Gasteiger partial charge on any atom is 0.143 e. The number of ketones is 1. The Hall–Kier alpha value is -1.48. The van der Waals surface area contributed by atoms with Crippen LogP contribution in [0, 0.1) is 5.92 Å². The van der Waals surface area contributed by atoms with Gasteiger partial charge in [-0.3, -0.25) is 14.7 Å². The largest absolute Gasteiger partial charge is 0.299 e. The van der Waals surface area contributed by atoms with E-state index in [1.165, 1.54) is 12.0 Å². The average molecular weight is 266 g/mol. The van der Waals surface area contributed by atoms with Crippen LogP contribution < -0.4 is 0 Å². The predicted molar refractivity (Wildman–Crippen MR) is 77.5 cm³/mol. The molecule has 3 heteroatoms. The number of benzene rings is 1. The number of fused-ring (bicyclic) bond motifs is 1. The molecule has 0 radical (unpaired) electrons. The van der Waals surface area contributed by atoms with E-state index >= 15 is 0 Å². The van der Waals surface area contributed by atoms with Crippen molar-refractivity contribution in [2.24, 2.45) is 10.9 Å². The monoisotopic (exact) mass is 266 g/mol. The highest BCUT2D eigenvalue weighted by Crippen LogP contribution is 2.56. The third-order valence-electron chi connectivity index (χ3n) is 5.94. The van der Waals surface area contributed by atoms with Crippen LogP contribution in [0.2, 0.25) is 0 Å². The van der Waals surface area contributed by atoms with Gasteiger partial charge >= 0.3 is 0 Å². The van der Waals surface area contributed by atoms with Gasteiger partial charge < -0.3 is 0 Å². The minimum atomic E-state index is 0.0651. The first-order valence-electron chi connectivity index (χ1n) is 7.75. The van der Waals surface area contributed by atoms with Crippen LogP contribution in [0.4, 0.5) is 5.69 Å². The van der Waals surface area contributed by atoms with E-state index < -0.39 is 0 Å². The Morgan fingerprint density at radius 3 is 3.10 bits per heavy atom. The average Bonchev–Trinajstić information content (AvgIpc) is 3.01. The first-order valence-corrected chi connectivity index (χ1v) is 7.75. The van der Waals surface area contributed by atoms with E-state index in [0.717, 1.165) is 37.3 Å². The lowest BCUT2D eigenvalue weighted by molar-refractivity contribution is -0.126. The second kappa shape index (κ2) is 3.59. The summed E-state index contributed by atoms with van der Waals surface area (Å²) >= 11 is 0. The second-order valence-corrected chi connectivity index (χ2v) is 6.67. The van der Waals surface area contributed by atoms with Gasteiger partial charge in [-0.25, -0.2) is 0 Å². The molecule has 0 unspecified atom stereocenters. The number of aliphatic imine (C=N–C) groups is 1. The fourth-order valence-electron chi connectivity index (χ4n) is 5.23. The standard InChI is InChI=1S/C17H18N2O/c20-14-10-15-17(12-5-1-2-6-13(12)18-15)7-9-19-8-3-4-11(14)16(17)19/h1-2,5-6,11,16H,3-4,7-10H2/t11-,16-,17-/m1/s1. The second-order valence-electron chi connectivity index (χ2n) is 6.67. The summed E-state index contributed by atoms with van der Waals surface area (Å²) in [6.07, 6.45) is 4.00. The molecule has 0 amide bonds. The van der Waals surface area contributed by atoms with Crippen LogP contribution in [0.15, 0.2) is 29.3 Å². The molecule has 1 aliphatic carbocycles.